The maximum absolute atomic E-state index is 11.8. The molecule has 2 aromatic rings. The smallest absolute Gasteiger partial charge is 0.319 e. The molecule has 0 atom stereocenters. The van der Waals surface area contributed by atoms with Crippen molar-refractivity contribution >= 4 is 35.1 Å². The van der Waals surface area contributed by atoms with Crippen LogP contribution < -0.4 is 10.6 Å². The molecule has 2 rings (SSSR count). The zero-order chi connectivity index (χ0) is 14.5. The Labute approximate surface area is 126 Å². The van der Waals surface area contributed by atoms with Gasteiger partial charge in [0, 0.05) is 30.0 Å². The van der Waals surface area contributed by atoms with Crippen LogP contribution in [-0.2, 0) is 13.6 Å². The number of nitrogens with one attached hydrogen (secondary N) is 2. The highest BCUT2D eigenvalue weighted by Crippen LogP contribution is 2.27. The molecule has 1 aromatic heterocycles. The Morgan fingerprint density at radius 2 is 2.30 bits per heavy atom. The molecule has 2 N–H and O–H groups in total. The van der Waals surface area contributed by atoms with Crippen molar-refractivity contribution in [3.05, 3.63) is 41.4 Å². The van der Waals surface area contributed by atoms with Gasteiger partial charge in [-0.1, -0.05) is 11.6 Å². The maximum Gasteiger partial charge on any atom is 0.319 e. The van der Waals surface area contributed by atoms with Gasteiger partial charge >= 0.3 is 6.03 Å². The Bertz CT molecular complexity index is 614. The zero-order valence-corrected chi connectivity index (χ0v) is 12.8. The van der Waals surface area contributed by atoms with E-state index in [1.165, 1.54) is 0 Å². The molecule has 106 valence electrons. The number of rotatable bonds is 4. The summed E-state index contributed by atoms with van der Waals surface area (Å²) in [7, 11) is 1.88. The normalized spacial score (nSPS) is 10.3. The van der Waals surface area contributed by atoms with Crippen LogP contribution in [0.2, 0.25) is 5.02 Å². The molecule has 5 nitrogen and oxygen atoms in total. The van der Waals surface area contributed by atoms with E-state index in [1.54, 1.807) is 24.0 Å². The van der Waals surface area contributed by atoms with Crippen molar-refractivity contribution in [1.82, 2.24) is 14.9 Å². The third-order valence-electron chi connectivity index (χ3n) is 2.74. The summed E-state index contributed by atoms with van der Waals surface area (Å²) in [6.45, 7) is 0.367. The van der Waals surface area contributed by atoms with E-state index in [0.29, 0.717) is 17.3 Å². The molecule has 7 heteroatoms. The second kappa shape index (κ2) is 6.67. The highest BCUT2D eigenvalue weighted by molar-refractivity contribution is 7.98. The molecule has 1 aromatic carbocycles. The topological polar surface area (TPSA) is 59.0 Å². The van der Waals surface area contributed by atoms with Gasteiger partial charge in [0.05, 0.1) is 11.6 Å². The Hall–Kier alpha value is -1.66. The first-order valence-corrected chi connectivity index (χ1v) is 7.55. The van der Waals surface area contributed by atoms with E-state index in [9.17, 15) is 4.79 Å². The fraction of sp³-hybridized carbons (Fsp3) is 0.231. The molecule has 1 heterocycles. The summed E-state index contributed by atoms with van der Waals surface area (Å²) in [6, 6.07) is 5.13. The number of nitrogens with zero attached hydrogens (tertiary/aromatic N) is 2. The lowest BCUT2D eigenvalue weighted by Crippen LogP contribution is -2.29. The molecule has 0 aliphatic heterocycles. The van der Waals surface area contributed by atoms with Crippen LogP contribution in [0.1, 0.15) is 5.82 Å². The lowest BCUT2D eigenvalue weighted by Gasteiger charge is -2.09. The van der Waals surface area contributed by atoms with E-state index in [4.69, 9.17) is 11.6 Å². The van der Waals surface area contributed by atoms with Gasteiger partial charge in [-0.2, -0.15) is 0 Å². The van der Waals surface area contributed by atoms with Gasteiger partial charge in [-0.15, -0.1) is 11.8 Å². The van der Waals surface area contributed by atoms with E-state index in [-0.39, 0.29) is 6.03 Å². The van der Waals surface area contributed by atoms with Crippen molar-refractivity contribution in [3.63, 3.8) is 0 Å². The third kappa shape index (κ3) is 3.68. The number of carbonyl (C=O) groups excluding carboxylic acids is 1. The summed E-state index contributed by atoms with van der Waals surface area (Å²) in [5.41, 5.74) is 0.658. The van der Waals surface area contributed by atoms with Gasteiger partial charge in [-0.05, 0) is 24.5 Å². The average molecular weight is 311 g/mol. The van der Waals surface area contributed by atoms with Crippen molar-refractivity contribution in [2.75, 3.05) is 11.6 Å². The first-order valence-electron chi connectivity index (χ1n) is 5.94. The molecule has 0 spiro atoms. The lowest BCUT2D eigenvalue weighted by atomic mass is 10.3. The van der Waals surface area contributed by atoms with E-state index in [0.717, 1.165) is 10.7 Å². The minimum absolute atomic E-state index is 0.291. The quantitative estimate of drug-likeness (QED) is 0.853. The van der Waals surface area contributed by atoms with Crippen LogP contribution in [0.25, 0.3) is 0 Å². The van der Waals surface area contributed by atoms with Gasteiger partial charge in [0.2, 0.25) is 0 Å². The number of carbonyl (C=O) groups is 1. The van der Waals surface area contributed by atoms with Crippen LogP contribution in [0.4, 0.5) is 10.5 Å². The number of thioether (sulfide) groups is 1. The van der Waals surface area contributed by atoms with Crippen molar-refractivity contribution in [2.45, 2.75) is 11.4 Å². The number of halogens is 1. The Balaban J connectivity index is 1.91. The molecule has 0 fully saturated rings. The largest absolute Gasteiger partial charge is 0.337 e. The van der Waals surface area contributed by atoms with Gasteiger partial charge in [0.1, 0.15) is 5.82 Å². The Kier molecular flexibility index (Phi) is 4.92. The first kappa shape index (κ1) is 14.7. The van der Waals surface area contributed by atoms with E-state index < -0.39 is 0 Å². The van der Waals surface area contributed by atoms with Crippen LogP contribution in [0, 0.1) is 0 Å². The second-order valence-electron chi connectivity index (χ2n) is 4.11. The number of aryl methyl sites for hydroxylation is 1. The second-order valence-corrected chi connectivity index (χ2v) is 5.37. The fourth-order valence-corrected chi connectivity index (χ4v) is 2.52. The summed E-state index contributed by atoms with van der Waals surface area (Å²) < 4.78 is 1.85. The molecule has 0 aliphatic carbocycles. The maximum atomic E-state index is 11.8. The van der Waals surface area contributed by atoms with Crippen molar-refractivity contribution in [3.8, 4) is 0 Å². The third-order valence-corrected chi connectivity index (χ3v) is 3.96. The van der Waals surface area contributed by atoms with Crippen LogP contribution in [0.15, 0.2) is 35.5 Å². The van der Waals surface area contributed by atoms with Crippen LogP contribution in [0.3, 0.4) is 0 Å². The van der Waals surface area contributed by atoms with Crippen molar-refractivity contribution in [1.29, 1.82) is 0 Å². The Morgan fingerprint density at radius 3 is 2.90 bits per heavy atom. The summed E-state index contributed by atoms with van der Waals surface area (Å²) in [4.78, 5) is 16.9. The highest BCUT2D eigenvalue weighted by atomic mass is 35.5. The van der Waals surface area contributed by atoms with Gasteiger partial charge in [-0.3, -0.25) is 0 Å². The Morgan fingerprint density at radius 1 is 1.50 bits per heavy atom. The molecule has 20 heavy (non-hydrogen) atoms. The minimum Gasteiger partial charge on any atom is -0.337 e. The summed E-state index contributed by atoms with van der Waals surface area (Å²) in [5.74, 6) is 0.788. The molecule has 0 radical (unpaired) electrons. The zero-order valence-electron chi connectivity index (χ0n) is 11.2. The van der Waals surface area contributed by atoms with Crippen LogP contribution >= 0.6 is 23.4 Å². The lowest BCUT2D eigenvalue weighted by molar-refractivity contribution is 0.251. The number of amides is 2. The highest BCUT2D eigenvalue weighted by Gasteiger charge is 2.06. The number of imidazole rings is 1. The van der Waals surface area contributed by atoms with Gasteiger partial charge < -0.3 is 15.2 Å². The standard InChI is InChI=1S/C13H15ClN4OS/c1-18-6-5-15-12(18)8-16-13(19)17-9-3-4-11(20-2)10(14)7-9/h3-7H,8H2,1-2H3,(H2,16,17,19). The van der Waals surface area contributed by atoms with Crippen LogP contribution in [-0.4, -0.2) is 21.8 Å². The summed E-state index contributed by atoms with van der Waals surface area (Å²) in [6.07, 6.45) is 5.47. The van der Waals surface area contributed by atoms with Gasteiger partial charge in [0.15, 0.2) is 0 Å². The summed E-state index contributed by atoms with van der Waals surface area (Å²) in [5, 5.41) is 6.10. The number of hydrogen-bond donors (Lipinski definition) is 2. The van der Waals surface area contributed by atoms with Crippen molar-refractivity contribution in [2.24, 2.45) is 7.05 Å². The minimum atomic E-state index is -0.291. The molecular formula is C13H15ClN4OS. The summed E-state index contributed by atoms with van der Waals surface area (Å²) >= 11 is 7.65. The molecular weight excluding hydrogens is 296 g/mol. The number of urea groups is 1. The number of hydrogen-bond acceptors (Lipinski definition) is 3. The fourth-order valence-electron chi connectivity index (χ4n) is 1.65. The monoisotopic (exact) mass is 310 g/mol. The van der Waals surface area contributed by atoms with Crippen LogP contribution in [0.5, 0.6) is 0 Å². The number of benzene rings is 1. The molecule has 0 bridgehead atoms. The SMILES string of the molecule is CSc1ccc(NC(=O)NCc2nccn2C)cc1Cl. The molecule has 0 aliphatic rings. The molecule has 0 saturated heterocycles. The predicted molar refractivity (Wildman–Crippen MR) is 82.3 cm³/mol. The number of anilines is 1. The van der Waals surface area contributed by atoms with Gasteiger partial charge in [-0.25, -0.2) is 9.78 Å². The molecule has 0 unspecified atom stereocenters. The van der Waals surface area contributed by atoms with E-state index >= 15 is 0 Å². The number of aromatic nitrogens is 2. The van der Waals surface area contributed by atoms with E-state index in [1.807, 2.05) is 36.2 Å². The van der Waals surface area contributed by atoms with Gasteiger partial charge in [0.25, 0.3) is 0 Å². The predicted octanol–water partition coefficient (Wildman–Crippen LogP) is 3.12. The molecule has 0 saturated carbocycles. The first-order chi connectivity index (χ1) is 9.60. The molecule has 2 amide bonds. The van der Waals surface area contributed by atoms with Crippen molar-refractivity contribution < 1.29 is 4.79 Å². The van der Waals surface area contributed by atoms with E-state index in [2.05, 4.69) is 15.6 Å². The average Bonchev–Trinajstić information content (AvgIpc) is 2.82.